The minimum Gasteiger partial charge on any atom is -0.494 e. The fourth-order valence-corrected chi connectivity index (χ4v) is 5.32. The fourth-order valence-electron chi connectivity index (χ4n) is 4.97. The first-order valence-corrected chi connectivity index (χ1v) is 13.4. The standard InChI is InChI=1S/C32H28N4O2S/c1-2-37-25-17-13-23(14-18-25)35-22-8-12-29(35)31-30(28-11-6-7-21-33-28)34-32(39)36(31)24-15-19-27(20-16-24)38-26-9-4-3-5-10-26/h3-22,30-31H,2H2,1H3,(H,34,39). The Balaban J connectivity index is 1.38. The summed E-state index contributed by atoms with van der Waals surface area (Å²) in [5, 5.41) is 4.19. The number of benzene rings is 3. The second-order valence-electron chi connectivity index (χ2n) is 9.14. The minimum atomic E-state index is -0.144. The number of nitrogens with one attached hydrogen (secondary N) is 1. The Labute approximate surface area is 233 Å². The van der Waals surface area contributed by atoms with Gasteiger partial charge >= 0.3 is 0 Å². The van der Waals surface area contributed by atoms with E-state index in [1.54, 1.807) is 0 Å². The number of para-hydroxylation sites is 1. The summed E-state index contributed by atoms with van der Waals surface area (Å²) >= 11 is 5.92. The van der Waals surface area contributed by atoms with Crippen LogP contribution in [0.15, 0.2) is 122 Å². The van der Waals surface area contributed by atoms with E-state index < -0.39 is 0 Å². The number of pyridine rings is 1. The monoisotopic (exact) mass is 532 g/mol. The molecule has 3 heterocycles. The zero-order valence-corrected chi connectivity index (χ0v) is 22.3. The molecule has 1 aliphatic rings. The average molecular weight is 533 g/mol. The largest absolute Gasteiger partial charge is 0.494 e. The van der Waals surface area contributed by atoms with Crippen LogP contribution in [-0.4, -0.2) is 21.3 Å². The Morgan fingerprint density at radius 2 is 1.46 bits per heavy atom. The SMILES string of the molecule is CCOc1ccc(-n2cccc2C2C(c3ccccn3)NC(=S)N2c2ccc(Oc3ccccc3)cc2)cc1. The Hall–Kier alpha value is -4.62. The summed E-state index contributed by atoms with van der Waals surface area (Å²) < 4.78 is 13.9. The quantitative estimate of drug-likeness (QED) is 0.213. The van der Waals surface area contributed by atoms with Gasteiger partial charge in [-0.2, -0.15) is 0 Å². The summed E-state index contributed by atoms with van der Waals surface area (Å²) in [6.07, 6.45) is 3.90. The molecule has 0 spiro atoms. The number of anilines is 1. The topological polar surface area (TPSA) is 51.5 Å². The molecule has 2 unspecified atom stereocenters. The van der Waals surface area contributed by atoms with Crippen molar-refractivity contribution in [2.45, 2.75) is 19.0 Å². The van der Waals surface area contributed by atoms with E-state index in [0.29, 0.717) is 11.7 Å². The molecule has 2 aromatic heterocycles. The van der Waals surface area contributed by atoms with E-state index >= 15 is 0 Å². The van der Waals surface area contributed by atoms with Gasteiger partial charge in [0.1, 0.15) is 23.3 Å². The molecule has 0 saturated carbocycles. The van der Waals surface area contributed by atoms with Gasteiger partial charge in [0, 0.05) is 29.5 Å². The Morgan fingerprint density at radius 1 is 0.769 bits per heavy atom. The van der Waals surface area contributed by atoms with Gasteiger partial charge in [0.2, 0.25) is 0 Å². The minimum absolute atomic E-state index is 0.143. The van der Waals surface area contributed by atoms with Crippen LogP contribution in [-0.2, 0) is 0 Å². The highest BCUT2D eigenvalue weighted by molar-refractivity contribution is 7.80. The third-order valence-corrected chi connectivity index (χ3v) is 7.02. The first kappa shape index (κ1) is 24.7. The first-order valence-electron chi connectivity index (χ1n) is 13.0. The van der Waals surface area contributed by atoms with Gasteiger partial charge in [0.15, 0.2) is 5.11 Å². The van der Waals surface area contributed by atoms with Crippen molar-refractivity contribution in [3.8, 4) is 22.9 Å². The molecule has 0 aliphatic carbocycles. The molecule has 6 rings (SSSR count). The van der Waals surface area contributed by atoms with Crippen LogP contribution in [0.1, 0.15) is 30.4 Å². The van der Waals surface area contributed by atoms with Gasteiger partial charge in [-0.05, 0) is 104 Å². The molecule has 3 aromatic carbocycles. The molecule has 194 valence electrons. The summed E-state index contributed by atoms with van der Waals surface area (Å²) in [6.45, 7) is 2.62. The van der Waals surface area contributed by atoms with Crippen molar-refractivity contribution >= 4 is 23.0 Å². The van der Waals surface area contributed by atoms with Gasteiger partial charge in [-0.1, -0.05) is 24.3 Å². The van der Waals surface area contributed by atoms with Crippen molar-refractivity contribution in [3.63, 3.8) is 0 Å². The number of hydrogen-bond donors (Lipinski definition) is 1. The van der Waals surface area contributed by atoms with E-state index in [0.717, 1.165) is 40.0 Å². The second-order valence-corrected chi connectivity index (χ2v) is 9.52. The molecule has 6 nitrogen and oxygen atoms in total. The van der Waals surface area contributed by atoms with Crippen molar-refractivity contribution in [3.05, 3.63) is 133 Å². The van der Waals surface area contributed by atoms with Crippen LogP contribution < -0.4 is 19.7 Å². The molecule has 1 aliphatic heterocycles. The predicted molar refractivity (Wildman–Crippen MR) is 158 cm³/mol. The highest BCUT2D eigenvalue weighted by Gasteiger charge is 2.42. The second kappa shape index (κ2) is 11.0. The van der Waals surface area contributed by atoms with Gasteiger partial charge in [-0.3, -0.25) is 4.98 Å². The number of rotatable bonds is 8. The molecule has 1 saturated heterocycles. The van der Waals surface area contributed by atoms with Crippen molar-refractivity contribution in [2.75, 3.05) is 11.5 Å². The number of thiocarbonyl (C=S) groups is 1. The molecule has 0 radical (unpaired) electrons. The van der Waals surface area contributed by atoms with Crippen molar-refractivity contribution in [1.29, 1.82) is 0 Å². The lowest BCUT2D eigenvalue weighted by Crippen LogP contribution is -2.30. The molecule has 7 heteroatoms. The van der Waals surface area contributed by atoms with Crippen LogP contribution in [0.3, 0.4) is 0 Å². The van der Waals surface area contributed by atoms with Crippen LogP contribution in [0.4, 0.5) is 5.69 Å². The molecular weight excluding hydrogens is 504 g/mol. The van der Waals surface area contributed by atoms with Crippen LogP contribution in [0.2, 0.25) is 0 Å². The van der Waals surface area contributed by atoms with Gasteiger partial charge in [-0.25, -0.2) is 0 Å². The lowest BCUT2D eigenvalue weighted by atomic mass is 10.0. The maximum absolute atomic E-state index is 6.02. The van der Waals surface area contributed by atoms with Crippen LogP contribution in [0.5, 0.6) is 17.2 Å². The van der Waals surface area contributed by atoms with E-state index in [4.69, 9.17) is 21.7 Å². The molecule has 1 N–H and O–H groups in total. The van der Waals surface area contributed by atoms with Crippen LogP contribution in [0, 0.1) is 0 Å². The lowest BCUT2D eigenvalue weighted by Gasteiger charge is -2.29. The van der Waals surface area contributed by atoms with Crippen molar-refractivity contribution in [1.82, 2.24) is 14.9 Å². The molecule has 0 amide bonds. The highest BCUT2D eigenvalue weighted by atomic mass is 32.1. The predicted octanol–water partition coefficient (Wildman–Crippen LogP) is 7.24. The van der Waals surface area contributed by atoms with E-state index in [2.05, 4.69) is 50.2 Å². The zero-order valence-electron chi connectivity index (χ0n) is 21.5. The number of aromatic nitrogens is 2. The van der Waals surface area contributed by atoms with Gasteiger partial charge < -0.3 is 24.3 Å². The van der Waals surface area contributed by atoms with Crippen molar-refractivity contribution < 1.29 is 9.47 Å². The third kappa shape index (κ3) is 5.09. The van der Waals surface area contributed by atoms with E-state index in [9.17, 15) is 0 Å². The van der Waals surface area contributed by atoms with Gasteiger partial charge in [0.25, 0.3) is 0 Å². The Bertz CT molecular complexity index is 1540. The smallest absolute Gasteiger partial charge is 0.174 e. The molecule has 1 fully saturated rings. The van der Waals surface area contributed by atoms with Crippen LogP contribution >= 0.6 is 12.2 Å². The molecular formula is C32H28N4O2S. The summed E-state index contributed by atoms with van der Waals surface area (Å²) in [7, 11) is 0. The third-order valence-electron chi connectivity index (χ3n) is 6.70. The molecule has 0 bridgehead atoms. The summed E-state index contributed by atoms with van der Waals surface area (Å²) in [5.41, 5.74) is 4.03. The summed E-state index contributed by atoms with van der Waals surface area (Å²) in [5.74, 6) is 2.41. The zero-order chi connectivity index (χ0) is 26.6. The van der Waals surface area contributed by atoms with Gasteiger partial charge in [-0.15, -0.1) is 0 Å². The number of nitrogens with zero attached hydrogens (tertiary/aromatic N) is 3. The Kier molecular flexibility index (Phi) is 6.97. The van der Waals surface area contributed by atoms with E-state index in [1.807, 2.05) is 98.0 Å². The van der Waals surface area contributed by atoms with Crippen molar-refractivity contribution in [2.24, 2.45) is 0 Å². The highest BCUT2D eigenvalue weighted by Crippen LogP contribution is 2.42. The molecule has 39 heavy (non-hydrogen) atoms. The number of hydrogen-bond acceptors (Lipinski definition) is 4. The molecule has 2 atom stereocenters. The fraction of sp³-hybridized carbons (Fsp3) is 0.125. The normalized spacial score (nSPS) is 16.6. The van der Waals surface area contributed by atoms with Crippen LogP contribution in [0.25, 0.3) is 5.69 Å². The summed E-state index contributed by atoms with van der Waals surface area (Å²) in [4.78, 5) is 6.85. The lowest BCUT2D eigenvalue weighted by molar-refractivity contribution is 0.340. The maximum Gasteiger partial charge on any atom is 0.174 e. The number of ether oxygens (including phenoxy) is 2. The average Bonchev–Trinajstić information content (AvgIpc) is 3.59. The Morgan fingerprint density at radius 3 is 2.18 bits per heavy atom. The van der Waals surface area contributed by atoms with E-state index in [1.165, 1.54) is 0 Å². The first-order chi connectivity index (χ1) is 19.2. The van der Waals surface area contributed by atoms with E-state index in [-0.39, 0.29) is 12.1 Å². The maximum atomic E-state index is 6.02. The molecule has 5 aromatic rings. The summed E-state index contributed by atoms with van der Waals surface area (Å²) in [6, 6.07) is 35.9. The van der Waals surface area contributed by atoms with Gasteiger partial charge in [0.05, 0.1) is 18.3 Å².